The van der Waals surface area contributed by atoms with Gasteiger partial charge in [0.2, 0.25) is 0 Å². The van der Waals surface area contributed by atoms with Crippen molar-refractivity contribution in [3.63, 3.8) is 0 Å². The van der Waals surface area contributed by atoms with E-state index in [1.54, 1.807) is 0 Å². The van der Waals surface area contributed by atoms with E-state index in [1.165, 1.54) is 6.33 Å². The third-order valence-electron chi connectivity index (χ3n) is 3.09. The number of H-pyrrole nitrogens is 1. The molecule has 6 heteroatoms. The molecule has 102 valence electrons. The van der Waals surface area contributed by atoms with Crippen molar-refractivity contribution >= 4 is 16.9 Å². The molecule has 3 aromatic rings. The summed E-state index contributed by atoms with van der Waals surface area (Å²) in [5, 5.41) is 10.0. The van der Waals surface area contributed by atoms with Crippen LogP contribution < -0.4 is 5.32 Å². The van der Waals surface area contributed by atoms with Crippen LogP contribution in [0.4, 0.5) is 5.82 Å². The zero-order valence-electron chi connectivity index (χ0n) is 11.3. The summed E-state index contributed by atoms with van der Waals surface area (Å²) in [6.45, 7) is 2.80. The van der Waals surface area contributed by atoms with E-state index in [0.717, 1.165) is 47.8 Å². The molecule has 0 radical (unpaired) electrons. The highest BCUT2D eigenvalue weighted by Gasteiger charge is 2.04. The Morgan fingerprint density at radius 3 is 2.70 bits per heavy atom. The molecular formula is C14H16N6. The van der Waals surface area contributed by atoms with Gasteiger partial charge in [0.15, 0.2) is 0 Å². The van der Waals surface area contributed by atoms with Crippen LogP contribution in [-0.2, 0) is 6.42 Å². The van der Waals surface area contributed by atoms with Crippen LogP contribution in [0.5, 0.6) is 0 Å². The predicted molar refractivity (Wildman–Crippen MR) is 77.5 cm³/mol. The molecule has 6 nitrogen and oxygen atoms in total. The Balaban J connectivity index is 1.63. The highest BCUT2D eigenvalue weighted by atomic mass is 15.2. The Morgan fingerprint density at radius 2 is 1.95 bits per heavy atom. The van der Waals surface area contributed by atoms with Crippen molar-refractivity contribution < 1.29 is 0 Å². The summed E-state index contributed by atoms with van der Waals surface area (Å²) in [5.41, 5.74) is 2.76. The number of anilines is 1. The van der Waals surface area contributed by atoms with Crippen molar-refractivity contribution in [3.8, 4) is 0 Å². The minimum absolute atomic E-state index is 0.828. The number of para-hydroxylation sites is 2. The summed E-state index contributed by atoms with van der Waals surface area (Å²) >= 11 is 0. The molecule has 2 heterocycles. The molecule has 2 aromatic heterocycles. The number of aromatic amines is 1. The van der Waals surface area contributed by atoms with Gasteiger partial charge in [-0.15, -0.1) is 0 Å². The zero-order chi connectivity index (χ0) is 13.8. The maximum Gasteiger partial charge on any atom is 0.148 e. The average molecular weight is 268 g/mol. The Hall–Kier alpha value is -2.50. The van der Waals surface area contributed by atoms with Crippen molar-refractivity contribution in [1.29, 1.82) is 0 Å². The van der Waals surface area contributed by atoms with E-state index >= 15 is 0 Å². The molecule has 20 heavy (non-hydrogen) atoms. The first-order valence-electron chi connectivity index (χ1n) is 6.64. The first-order valence-corrected chi connectivity index (χ1v) is 6.64. The zero-order valence-corrected chi connectivity index (χ0v) is 11.3. The second-order valence-electron chi connectivity index (χ2n) is 4.61. The molecular weight excluding hydrogens is 252 g/mol. The lowest BCUT2D eigenvalue weighted by molar-refractivity contribution is 0.802. The minimum Gasteiger partial charge on any atom is -0.369 e. The molecule has 3 rings (SSSR count). The van der Waals surface area contributed by atoms with Crippen LogP contribution in [0.3, 0.4) is 0 Å². The molecule has 0 atom stereocenters. The van der Waals surface area contributed by atoms with Gasteiger partial charge >= 0.3 is 0 Å². The van der Waals surface area contributed by atoms with Gasteiger partial charge in [0, 0.05) is 13.0 Å². The molecule has 0 aliphatic carbocycles. The molecule has 0 unspecified atom stereocenters. The smallest absolute Gasteiger partial charge is 0.148 e. The van der Waals surface area contributed by atoms with Crippen molar-refractivity contribution in [1.82, 2.24) is 25.1 Å². The van der Waals surface area contributed by atoms with Crippen LogP contribution in [0.1, 0.15) is 17.9 Å². The Bertz CT molecular complexity index is 692. The lowest BCUT2D eigenvalue weighted by Crippen LogP contribution is -2.07. The molecule has 0 saturated heterocycles. The van der Waals surface area contributed by atoms with Gasteiger partial charge in [-0.2, -0.15) is 5.10 Å². The summed E-state index contributed by atoms with van der Waals surface area (Å²) < 4.78 is 0. The maximum atomic E-state index is 4.60. The Morgan fingerprint density at radius 1 is 1.15 bits per heavy atom. The van der Waals surface area contributed by atoms with Gasteiger partial charge in [0.25, 0.3) is 0 Å². The molecule has 0 aliphatic rings. The summed E-state index contributed by atoms with van der Waals surface area (Å²) in [6.07, 6.45) is 3.36. The summed E-state index contributed by atoms with van der Waals surface area (Å²) in [7, 11) is 0. The van der Waals surface area contributed by atoms with Gasteiger partial charge < -0.3 is 5.32 Å². The first-order chi connectivity index (χ1) is 9.83. The number of nitrogens with one attached hydrogen (secondary N) is 2. The lowest BCUT2D eigenvalue weighted by atomic mass is 10.2. The fourth-order valence-electron chi connectivity index (χ4n) is 2.07. The molecule has 0 bridgehead atoms. The lowest BCUT2D eigenvalue weighted by Gasteiger charge is -2.08. The fraction of sp³-hybridized carbons (Fsp3) is 0.286. The number of benzene rings is 1. The standard InChI is InChI=1S/C14H16N6/c1-10-14(15-8-4-7-13-16-9-17-20-13)19-12-6-3-2-5-11(12)18-10/h2-3,5-6,9H,4,7-8H2,1H3,(H,15,19)(H,16,17,20). The van der Waals surface area contributed by atoms with Crippen LogP contribution in [0, 0.1) is 6.92 Å². The van der Waals surface area contributed by atoms with Crippen LogP contribution in [-0.4, -0.2) is 31.7 Å². The van der Waals surface area contributed by atoms with Crippen molar-refractivity contribution in [3.05, 3.63) is 42.1 Å². The van der Waals surface area contributed by atoms with E-state index in [0.29, 0.717) is 0 Å². The van der Waals surface area contributed by atoms with Crippen LogP contribution >= 0.6 is 0 Å². The minimum atomic E-state index is 0.828. The van der Waals surface area contributed by atoms with E-state index in [1.807, 2.05) is 31.2 Å². The molecule has 1 aromatic carbocycles. The molecule has 0 saturated carbocycles. The Kier molecular flexibility index (Phi) is 3.54. The SMILES string of the molecule is Cc1nc2ccccc2nc1NCCCc1ncn[nH]1. The predicted octanol–water partition coefficient (Wildman–Crippen LogP) is 2.10. The fourth-order valence-corrected chi connectivity index (χ4v) is 2.07. The van der Waals surface area contributed by atoms with E-state index < -0.39 is 0 Å². The van der Waals surface area contributed by atoms with Crippen molar-refractivity contribution in [2.75, 3.05) is 11.9 Å². The topological polar surface area (TPSA) is 79.4 Å². The highest BCUT2D eigenvalue weighted by Crippen LogP contribution is 2.15. The normalized spacial score (nSPS) is 10.8. The van der Waals surface area contributed by atoms with Gasteiger partial charge in [-0.3, -0.25) is 5.10 Å². The molecule has 0 aliphatic heterocycles. The third kappa shape index (κ3) is 2.74. The van der Waals surface area contributed by atoms with Gasteiger partial charge in [-0.1, -0.05) is 12.1 Å². The monoisotopic (exact) mass is 268 g/mol. The van der Waals surface area contributed by atoms with Gasteiger partial charge in [-0.25, -0.2) is 15.0 Å². The van der Waals surface area contributed by atoms with Gasteiger partial charge in [0.05, 0.1) is 16.7 Å². The molecule has 0 spiro atoms. The third-order valence-corrected chi connectivity index (χ3v) is 3.09. The number of aromatic nitrogens is 5. The summed E-state index contributed by atoms with van der Waals surface area (Å²) in [5.74, 6) is 1.76. The number of fused-ring (bicyclic) bond motifs is 1. The molecule has 2 N–H and O–H groups in total. The second kappa shape index (κ2) is 5.64. The van der Waals surface area contributed by atoms with Gasteiger partial charge in [0.1, 0.15) is 18.0 Å². The number of nitrogens with zero attached hydrogens (tertiary/aromatic N) is 4. The average Bonchev–Trinajstić information content (AvgIpc) is 2.97. The van der Waals surface area contributed by atoms with Crippen molar-refractivity contribution in [2.24, 2.45) is 0 Å². The number of aryl methyl sites for hydroxylation is 2. The van der Waals surface area contributed by atoms with Crippen molar-refractivity contribution in [2.45, 2.75) is 19.8 Å². The number of hydrogen-bond donors (Lipinski definition) is 2. The first kappa shape index (κ1) is 12.5. The van der Waals surface area contributed by atoms with E-state index in [9.17, 15) is 0 Å². The summed E-state index contributed by atoms with van der Waals surface area (Å²) in [4.78, 5) is 13.2. The van der Waals surface area contributed by atoms with Crippen LogP contribution in [0.2, 0.25) is 0 Å². The van der Waals surface area contributed by atoms with Crippen LogP contribution in [0.25, 0.3) is 11.0 Å². The van der Waals surface area contributed by atoms with E-state index in [2.05, 4.69) is 30.5 Å². The molecule has 0 amide bonds. The van der Waals surface area contributed by atoms with Gasteiger partial charge in [-0.05, 0) is 25.5 Å². The maximum absolute atomic E-state index is 4.60. The van der Waals surface area contributed by atoms with E-state index in [4.69, 9.17) is 0 Å². The molecule has 0 fully saturated rings. The quantitative estimate of drug-likeness (QED) is 0.693. The number of hydrogen-bond acceptors (Lipinski definition) is 5. The summed E-state index contributed by atoms with van der Waals surface area (Å²) in [6, 6.07) is 7.89. The van der Waals surface area contributed by atoms with Crippen LogP contribution in [0.15, 0.2) is 30.6 Å². The Labute approximate surface area is 116 Å². The van der Waals surface area contributed by atoms with E-state index in [-0.39, 0.29) is 0 Å². The second-order valence-corrected chi connectivity index (χ2v) is 4.61. The highest BCUT2D eigenvalue weighted by molar-refractivity contribution is 5.76. The largest absolute Gasteiger partial charge is 0.369 e. The number of rotatable bonds is 5.